The van der Waals surface area contributed by atoms with Crippen molar-refractivity contribution in [2.24, 2.45) is 13.0 Å². The molecule has 1 aliphatic rings. The van der Waals surface area contributed by atoms with E-state index in [1.165, 1.54) is 35.2 Å². The topological polar surface area (TPSA) is 88.0 Å². The van der Waals surface area contributed by atoms with Gasteiger partial charge in [-0.25, -0.2) is 13.9 Å². The van der Waals surface area contributed by atoms with E-state index in [2.05, 4.69) is 31.1 Å². The third kappa shape index (κ3) is 6.51. The summed E-state index contributed by atoms with van der Waals surface area (Å²) >= 11 is 6.28. The van der Waals surface area contributed by atoms with E-state index in [9.17, 15) is 9.18 Å². The van der Waals surface area contributed by atoms with Crippen molar-refractivity contribution in [1.82, 2.24) is 30.4 Å². The molecule has 1 aromatic heterocycles. The molecule has 0 radical (unpaired) electrons. The molecule has 4 rings (SSSR count). The van der Waals surface area contributed by atoms with E-state index < -0.39 is 0 Å². The second-order valence-corrected chi connectivity index (χ2v) is 9.10. The Bertz CT molecular complexity index is 1100. The van der Waals surface area contributed by atoms with Gasteiger partial charge < -0.3 is 15.5 Å². The van der Waals surface area contributed by atoms with Crippen molar-refractivity contribution in [3.8, 4) is 11.4 Å². The largest absolute Gasteiger partial charge is 0.338 e. The van der Waals surface area contributed by atoms with Crippen LogP contribution in [0.1, 0.15) is 24.8 Å². The van der Waals surface area contributed by atoms with Crippen LogP contribution in [0.3, 0.4) is 0 Å². The van der Waals surface area contributed by atoms with Gasteiger partial charge in [0, 0.05) is 31.4 Å². The maximum absolute atomic E-state index is 13.1. The number of rotatable bonds is 8. The second kappa shape index (κ2) is 11.4. The number of hydrogen-bond acceptors (Lipinski definition) is 5. The molecule has 1 aliphatic heterocycles. The SMILES string of the molecule is Cn1nnnc1-c1cc(NC(=O)NCCCN2CCCC(Cc3ccc(F)cc3)C2)ccc1Cl. The Balaban J connectivity index is 1.19. The van der Waals surface area contributed by atoms with Gasteiger partial charge in [-0.2, -0.15) is 0 Å². The zero-order valence-corrected chi connectivity index (χ0v) is 19.9. The van der Waals surface area contributed by atoms with Crippen molar-refractivity contribution in [1.29, 1.82) is 0 Å². The van der Waals surface area contributed by atoms with Gasteiger partial charge in [-0.05, 0) is 91.0 Å². The highest BCUT2D eigenvalue weighted by molar-refractivity contribution is 6.33. The molecule has 0 bridgehead atoms. The highest BCUT2D eigenvalue weighted by atomic mass is 35.5. The number of piperidine rings is 1. The van der Waals surface area contributed by atoms with Gasteiger partial charge in [-0.3, -0.25) is 0 Å². The van der Waals surface area contributed by atoms with E-state index in [0.29, 0.717) is 34.6 Å². The minimum atomic E-state index is -0.266. The molecule has 1 fully saturated rings. The van der Waals surface area contributed by atoms with Gasteiger partial charge in [0.05, 0.1) is 5.02 Å². The van der Waals surface area contributed by atoms with Crippen LogP contribution in [-0.2, 0) is 13.5 Å². The second-order valence-electron chi connectivity index (χ2n) is 8.69. The monoisotopic (exact) mass is 485 g/mol. The predicted octanol–water partition coefficient (Wildman–Crippen LogP) is 4.14. The van der Waals surface area contributed by atoms with E-state index in [1.807, 2.05) is 12.1 Å². The number of nitrogens with zero attached hydrogens (tertiary/aromatic N) is 5. The molecule has 8 nitrogen and oxygen atoms in total. The number of nitrogens with one attached hydrogen (secondary N) is 2. The summed E-state index contributed by atoms with van der Waals surface area (Å²) in [5, 5.41) is 17.7. The first-order chi connectivity index (χ1) is 16.5. The maximum Gasteiger partial charge on any atom is 0.319 e. The van der Waals surface area contributed by atoms with Crippen LogP contribution in [0.5, 0.6) is 0 Å². The van der Waals surface area contributed by atoms with Crippen LogP contribution in [0.4, 0.5) is 14.9 Å². The number of aryl methyl sites for hydroxylation is 1. The molecule has 1 atom stereocenters. The lowest BCUT2D eigenvalue weighted by atomic mass is 9.91. The quantitative estimate of drug-likeness (QED) is 0.468. The lowest BCUT2D eigenvalue weighted by Gasteiger charge is -2.32. The minimum absolute atomic E-state index is 0.190. The zero-order chi connectivity index (χ0) is 23.9. The van der Waals surface area contributed by atoms with Crippen LogP contribution < -0.4 is 10.6 Å². The van der Waals surface area contributed by atoms with Crippen molar-refractivity contribution in [2.45, 2.75) is 25.7 Å². The summed E-state index contributed by atoms with van der Waals surface area (Å²) in [6.45, 7) is 3.63. The van der Waals surface area contributed by atoms with Crippen molar-refractivity contribution < 1.29 is 9.18 Å². The first-order valence-corrected chi connectivity index (χ1v) is 11.9. The van der Waals surface area contributed by atoms with Crippen LogP contribution in [0.15, 0.2) is 42.5 Å². The molecule has 2 aromatic carbocycles. The van der Waals surface area contributed by atoms with Crippen molar-refractivity contribution in [3.63, 3.8) is 0 Å². The molecule has 10 heteroatoms. The Morgan fingerprint density at radius 2 is 2.06 bits per heavy atom. The number of amides is 2. The number of aromatic nitrogens is 4. The van der Waals surface area contributed by atoms with Crippen LogP contribution in [-0.4, -0.2) is 57.3 Å². The molecular weight excluding hydrogens is 457 g/mol. The predicted molar refractivity (Wildman–Crippen MR) is 130 cm³/mol. The average Bonchev–Trinajstić information content (AvgIpc) is 3.25. The first-order valence-electron chi connectivity index (χ1n) is 11.5. The molecule has 3 aromatic rings. The van der Waals surface area contributed by atoms with E-state index >= 15 is 0 Å². The van der Waals surface area contributed by atoms with E-state index in [1.54, 1.807) is 25.2 Å². The number of carbonyl (C=O) groups is 1. The van der Waals surface area contributed by atoms with E-state index in [-0.39, 0.29) is 11.8 Å². The van der Waals surface area contributed by atoms with Crippen LogP contribution in [0.25, 0.3) is 11.4 Å². The normalized spacial score (nSPS) is 16.4. The number of hydrogen-bond donors (Lipinski definition) is 2. The van der Waals surface area contributed by atoms with E-state index in [0.717, 1.165) is 32.5 Å². The summed E-state index contributed by atoms with van der Waals surface area (Å²) in [4.78, 5) is 14.8. The Morgan fingerprint density at radius 1 is 1.24 bits per heavy atom. The zero-order valence-electron chi connectivity index (χ0n) is 19.2. The summed E-state index contributed by atoms with van der Waals surface area (Å²) < 4.78 is 14.7. The van der Waals surface area contributed by atoms with Crippen LogP contribution in [0, 0.1) is 11.7 Å². The van der Waals surface area contributed by atoms with Crippen LogP contribution in [0.2, 0.25) is 5.02 Å². The van der Waals surface area contributed by atoms with Crippen molar-refractivity contribution >= 4 is 23.3 Å². The summed E-state index contributed by atoms with van der Waals surface area (Å²) in [5.74, 6) is 0.914. The number of likely N-dealkylation sites (tertiary alicyclic amines) is 1. The van der Waals surface area contributed by atoms with Crippen LogP contribution >= 0.6 is 11.6 Å². The average molecular weight is 486 g/mol. The molecule has 0 saturated carbocycles. The fourth-order valence-electron chi connectivity index (χ4n) is 4.39. The van der Waals surface area contributed by atoms with Gasteiger partial charge in [0.2, 0.25) is 0 Å². The summed E-state index contributed by atoms with van der Waals surface area (Å²) in [7, 11) is 1.73. The van der Waals surface area contributed by atoms with Crippen molar-refractivity contribution in [2.75, 3.05) is 31.5 Å². The minimum Gasteiger partial charge on any atom is -0.338 e. The van der Waals surface area contributed by atoms with Crippen molar-refractivity contribution in [3.05, 3.63) is 58.9 Å². The molecule has 2 N–H and O–H groups in total. The number of benzene rings is 2. The summed E-state index contributed by atoms with van der Waals surface area (Å²) in [5.41, 5.74) is 2.44. The number of anilines is 1. The smallest absolute Gasteiger partial charge is 0.319 e. The van der Waals surface area contributed by atoms with Gasteiger partial charge in [0.1, 0.15) is 5.82 Å². The number of carbonyl (C=O) groups excluding carboxylic acids is 1. The highest BCUT2D eigenvalue weighted by Crippen LogP contribution is 2.28. The highest BCUT2D eigenvalue weighted by Gasteiger charge is 2.20. The Kier molecular flexibility index (Phi) is 8.08. The number of halogens is 2. The fourth-order valence-corrected chi connectivity index (χ4v) is 4.59. The molecule has 34 heavy (non-hydrogen) atoms. The Morgan fingerprint density at radius 3 is 2.82 bits per heavy atom. The van der Waals surface area contributed by atoms with Gasteiger partial charge in [-0.1, -0.05) is 23.7 Å². The third-order valence-corrected chi connectivity index (χ3v) is 6.39. The molecule has 0 spiro atoms. The molecule has 1 unspecified atom stereocenters. The first kappa shape index (κ1) is 24.1. The summed E-state index contributed by atoms with van der Waals surface area (Å²) in [6.07, 6.45) is 4.21. The molecular formula is C24H29ClFN7O. The van der Waals surface area contributed by atoms with Gasteiger partial charge in [0.25, 0.3) is 0 Å². The maximum atomic E-state index is 13.1. The molecule has 2 amide bonds. The Labute approximate surface area is 203 Å². The van der Waals surface area contributed by atoms with Gasteiger partial charge in [0.15, 0.2) is 5.82 Å². The van der Waals surface area contributed by atoms with E-state index in [4.69, 9.17) is 11.6 Å². The molecule has 180 valence electrons. The number of tetrazole rings is 1. The Hall–Kier alpha value is -3.04. The molecule has 0 aliphatic carbocycles. The number of urea groups is 1. The van der Waals surface area contributed by atoms with Gasteiger partial charge in [-0.15, -0.1) is 5.10 Å². The molecule has 2 heterocycles. The lowest BCUT2D eigenvalue weighted by Crippen LogP contribution is -2.38. The standard InChI is InChI=1S/C24H29ClFN7O/c1-32-23(29-30-31-32)21-15-20(9-10-22(21)25)28-24(34)27-11-3-13-33-12-2-4-18(16-33)14-17-5-7-19(26)8-6-17/h5-10,15,18H,2-4,11-14,16H2,1H3,(H2,27,28,34). The van der Waals surface area contributed by atoms with Gasteiger partial charge >= 0.3 is 6.03 Å². The lowest BCUT2D eigenvalue weighted by molar-refractivity contribution is 0.172. The molecule has 1 saturated heterocycles. The fraction of sp³-hybridized carbons (Fsp3) is 0.417. The summed E-state index contributed by atoms with van der Waals surface area (Å²) in [6, 6.07) is 11.8. The third-order valence-electron chi connectivity index (χ3n) is 6.06.